The average molecular weight is 486 g/mol. The van der Waals surface area contributed by atoms with Crippen LogP contribution in [0.5, 0.6) is 5.75 Å². The largest absolute Gasteiger partial charge is 0.491 e. The number of ether oxygens (including phenoxy) is 1. The summed E-state index contributed by atoms with van der Waals surface area (Å²) in [6.45, 7) is 3.31. The number of halogens is 1. The Morgan fingerprint density at radius 1 is 1.29 bits per heavy atom. The normalized spacial score (nSPS) is 15.0. The van der Waals surface area contributed by atoms with E-state index in [1.165, 1.54) is 21.9 Å². The molecule has 9 heteroatoms. The van der Waals surface area contributed by atoms with E-state index in [0.717, 1.165) is 18.4 Å². The lowest BCUT2D eigenvalue weighted by Crippen LogP contribution is -2.49. The molecule has 3 aromatic rings. The lowest BCUT2D eigenvalue weighted by molar-refractivity contribution is -0.135. The van der Waals surface area contributed by atoms with Gasteiger partial charge in [-0.3, -0.25) is 4.79 Å². The van der Waals surface area contributed by atoms with Crippen molar-refractivity contribution in [2.24, 2.45) is 0 Å². The van der Waals surface area contributed by atoms with Crippen molar-refractivity contribution in [2.45, 2.75) is 32.4 Å². The van der Waals surface area contributed by atoms with Crippen molar-refractivity contribution in [3.63, 3.8) is 0 Å². The second-order valence-corrected chi connectivity index (χ2v) is 9.09. The van der Waals surface area contributed by atoms with Gasteiger partial charge in [-0.1, -0.05) is 13.0 Å². The number of nitrogens with one attached hydrogen (secondary N) is 1. The number of urea groups is 1. The molecular formula is C25H28FN3O4S. The molecule has 3 heterocycles. The second kappa shape index (κ2) is 11.2. The van der Waals surface area contributed by atoms with E-state index in [1.54, 1.807) is 46.8 Å². The van der Waals surface area contributed by atoms with E-state index < -0.39 is 0 Å². The minimum Gasteiger partial charge on any atom is -0.491 e. The molecule has 34 heavy (non-hydrogen) atoms. The van der Waals surface area contributed by atoms with Gasteiger partial charge >= 0.3 is 6.03 Å². The van der Waals surface area contributed by atoms with Crippen molar-refractivity contribution >= 4 is 23.3 Å². The van der Waals surface area contributed by atoms with E-state index in [-0.39, 0.29) is 43.5 Å². The molecule has 0 aliphatic carbocycles. The Bertz CT molecular complexity index is 1100. The fourth-order valence-electron chi connectivity index (χ4n) is 3.99. The molecule has 7 nitrogen and oxygen atoms in total. The predicted molar refractivity (Wildman–Crippen MR) is 127 cm³/mol. The van der Waals surface area contributed by atoms with Crippen molar-refractivity contribution < 1.29 is 23.1 Å². The molecule has 0 saturated heterocycles. The summed E-state index contributed by atoms with van der Waals surface area (Å²) in [5.41, 5.74) is 1.04. The number of thiophene rings is 1. The summed E-state index contributed by atoms with van der Waals surface area (Å²) in [5.74, 6) is 0.456. The van der Waals surface area contributed by atoms with Gasteiger partial charge in [0, 0.05) is 24.0 Å². The maximum atomic E-state index is 13.6. The van der Waals surface area contributed by atoms with Gasteiger partial charge in [0.2, 0.25) is 5.91 Å². The average Bonchev–Trinajstić information content (AvgIpc) is 3.52. The zero-order chi connectivity index (χ0) is 23.9. The maximum Gasteiger partial charge on any atom is 0.318 e. The number of furan rings is 1. The molecule has 1 aliphatic rings. The minimum absolute atomic E-state index is 0.0911. The van der Waals surface area contributed by atoms with Crippen LogP contribution in [0, 0.1) is 5.82 Å². The molecular weight excluding hydrogens is 457 g/mol. The van der Waals surface area contributed by atoms with Gasteiger partial charge in [-0.15, -0.1) is 11.3 Å². The minimum atomic E-state index is -0.378. The fraction of sp³-hybridized carbons (Fsp3) is 0.360. The highest BCUT2D eigenvalue weighted by atomic mass is 32.1. The summed E-state index contributed by atoms with van der Waals surface area (Å²) >= 11 is 1.66. The summed E-state index contributed by atoms with van der Waals surface area (Å²) in [4.78, 5) is 30.7. The van der Waals surface area contributed by atoms with Crippen LogP contribution < -0.4 is 10.1 Å². The van der Waals surface area contributed by atoms with Crippen molar-refractivity contribution in [3.8, 4) is 5.75 Å². The van der Waals surface area contributed by atoms with Crippen LogP contribution in [0.15, 0.2) is 58.5 Å². The van der Waals surface area contributed by atoms with E-state index in [0.29, 0.717) is 24.6 Å². The molecule has 4 rings (SSSR count). The lowest BCUT2D eigenvalue weighted by Gasteiger charge is -2.37. The molecule has 0 spiro atoms. The quantitative estimate of drug-likeness (QED) is 0.481. The van der Waals surface area contributed by atoms with Gasteiger partial charge in [0.15, 0.2) is 0 Å². The molecule has 1 aromatic carbocycles. The van der Waals surface area contributed by atoms with E-state index >= 15 is 0 Å². The predicted octanol–water partition coefficient (Wildman–Crippen LogP) is 4.61. The van der Waals surface area contributed by atoms with E-state index in [9.17, 15) is 14.0 Å². The second-order valence-electron chi connectivity index (χ2n) is 8.09. The smallest absolute Gasteiger partial charge is 0.318 e. The first-order valence-corrected chi connectivity index (χ1v) is 12.2. The SMILES string of the molecule is CCCNC(=O)N(CC(=O)N1CCc2sccc2C1COc1cccc(F)c1)Cc1ccco1. The molecule has 0 fully saturated rings. The van der Waals surface area contributed by atoms with Crippen LogP contribution in [0.1, 0.15) is 35.6 Å². The van der Waals surface area contributed by atoms with Crippen LogP contribution >= 0.6 is 11.3 Å². The molecule has 1 aliphatic heterocycles. The molecule has 180 valence electrons. The Balaban J connectivity index is 1.50. The summed E-state index contributed by atoms with van der Waals surface area (Å²) < 4.78 is 24.9. The third-order valence-electron chi connectivity index (χ3n) is 5.69. The van der Waals surface area contributed by atoms with Crippen LogP contribution in [0.2, 0.25) is 0 Å². The molecule has 1 N–H and O–H groups in total. The zero-order valence-corrected chi connectivity index (χ0v) is 19.9. The van der Waals surface area contributed by atoms with E-state index in [4.69, 9.17) is 9.15 Å². The fourth-order valence-corrected chi connectivity index (χ4v) is 4.92. The number of carbonyl (C=O) groups excluding carboxylic acids is 2. The number of benzene rings is 1. The van der Waals surface area contributed by atoms with Gasteiger partial charge in [0.1, 0.15) is 30.5 Å². The summed E-state index contributed by atoms with van der Waals surface area (Å²) in [7, 11) is 0. The molecule has 1 unspecified atom stereocenters. The van der Waals surface area contributed by atoms with Crippen LogP contribution in [-0.4, -0.2) is 48.0 Å². The van der Waals surface area contributed by atoms with Crippen LogP contribution in [0.25, 0.3) is 0 Å². The number of carbonyl (C=O) groups is 2. The third-order valence-corrected chi connectivity index (χ3v) is 6.68. The Morgan fingerprint density at radius 3 is 2.94 bits per heavy atom. The van der Waals surface area contributed by atoms with Gasteiger partial charge in [-0.2, -0.15) is 0 Å². The van der Waals surface area contributed by atoms with Crippen molar-refractivity contribution in [3.05, 3.63) is 76.1 Å². The summed E-state index contributed by atoms with van der Waals surface area (Å²) in [5, 5.41) is 4.85. The standard InChI is InChI=1S/C25H28FN3O4S/c1-2-10-27-25(31)28(15-20-7-4-12-32-20)16-24(30)29-11-8-23-21(9-13-34-23)22(29)17-33-19-6-3-5-18(26)14-19/h3-7,9,12-14,22H,2,8,10-11,15-17H2,1H3,(H,27,31). The highest BCUT2D eigenvalue weighted by Crippen LogP contribution is 2.34. The highest BCUT2D eigenvalue weighted by molar-refractivity contribution is 7.10. The molecule has 0 saturated carbocycles. The van der Waals surface area contributed by atoms with Crippen molar-refractivity contribution in [1.82, 2.24) is 15.1 Å². The zero-order valence-electron chi connectivity index (χ0n) is 19.0. The first-order chi connectivity index (χ1) is 16.5. The van der Waals surface area contributed by atoms with E-state index in [2.05, 4.69) is 5.32 Å². The lowest BCUT2D eigenvalue weighted by atomic mass is 10.0. The van der Waals surface area contributed by atoms with Crippen LogP contribution in [-0.2, 0) is 17.8 Å². The Morgan fingerprint density at radius 2 is 2.18 bits per heavy atom. The molecule has 0 radical (unpaired) electrons. The number of fused-ring (bicyclic) bond motifs is 1. The van der Waals surface area contributed by atoms with Gasteiger partial charge < -0.3 is 24.3 Å². The van der Waals surface area contributed by atoms with Crippen LogP contribution in [0.3, 0.4) is 0 Å². The molecule has 1 atom stereocenters. The first kappa shape index (κ1) is 23.8. The highest BCUT2D eigenvalue weighted by Gasteiger charge is 2.33. The third kappa shape index (κ3) is 5.77. The Hall–Kier alpha value is -3.33. The number of amides is 3. The maximum absolute atomic E-state index is 13.6. The van der Waals surface area contributed by atoms with Gasteiger partial charge in [0.25, 0.3) is 0 Å². The number of nitrogens with zero attached hydrogens (tertiary/aromatic N) is 2. The Kier molecular flexibility index (Phi) is 7.84. The van der Waals surface area contributed by atoms with E-state index in [1.807, 2.05) is 18.4 Å². The molecule has 0 bridgehead atoms. The Labute approximate surface area is 202 Å². The van der Waals surface area contributed by atoms with Gasteiger partial charge in [0.05, 0.1) is 18.8 Å². The monoisotopic (exact) mass is 485 g/mol. The van der Waals surface area contributed by atoms with Gasteiger partial charge in [-0.05, 0) is 54.1 Å². The van der Waals surface area contributed by atoms with Crippen LogP contribution in [0.4, 0.5) is 9.18 Å². The topological polar surface area (TPSA) is 75.0 Å². The number of rotatable bonds is 9. The van der Waals surface area contributed by atoms with Gasteiger partial charge in [-0.25, -0.2) is 9.18 Å². The molecule has 2 aromatic heterocycles. The first-order valence-electron chi connectivity index (χ1n) is 11.3. The summed E-state index contributed by atoms with van der Waals surface area (Å²) in [6.07, 6.45) is 3.08. The molecule has 3 amide bonds. The summed E-state index contributed by atoms with van der Waals surface area (Å²) in [6, 6.07) is 10.9. The van der Waals surface area contributed by atoms with Crippen molar-refractivity contribution in [2.75, 3.05) is 26.2 Å². The number of hydrogen-bond donors (Lipinski definition) is 1. The van der Waals surface area contributed by atoms with Crippen molar-refractivity contribution in [1.29, 1.82) is 0 Å². The number of hydrogen-bond acceptors (Lipinski definition) is 5.